The van der Waals surface area contributed by atoms with E-state index in [2.05, 4.69) is 10.4 Å². The maximum atomic E-state index is 13.7. The maximum Gasteiger partial charge on any atom is 0.325 e. The quantitative estimate of drug-likeness (QED) is 0.542. The zero-order chi connectivity index (χ0) is 24.1. The molecule has 2 aromatic carbocycles. The average molecular weight is 463 g/mol. The van der Waals surface area contributed by atoms with Crippen molar-refractivity contribution in [3.05, 3.63) is 95.2 Å². The van der Waals surface area contributed by atoms with Gasteiger partial charge in [0.2, 0.25) is 0 Å². The van der Waals surface area contributed by atoms with Crippen LogP contribution in [0.4, 0.5) is 4.39 Å². The van der Waals surface area contributed by atoms with Gasteiger partial charge in [0.1, 0.15) is 24.2 Å². The Kier molecular flexibility index (Phi) is 6.82. The number of aryl methyl sites for hydroxylation is 1. The van der Waals surface area contributed by atoms with Crippen molar-refractivity contribution in [2.24, 2.45) is 5.10 Å². The minimum atomic E-state index is -0.838. The molecular weight excluding hydrogens is 441 g/mol. The molecular formula is C25H22FN3O5. The third-order valence-corrected chi connectivity index (χ3v) is 5.29. The molecule has 0 saturated heterocycles. The fraction of sp³-hybridized carbons (Fsp3) is 0.200. The van der Waals surface area contributed by atoms with E-state index < -0.39 is 42.8 Å². The number of halogens is 1. The summed E-state index contributed by atoms with van der Waals surface area (Å²) < 4.78 is 24.2. The predicted octanol–water partition coefficient (Wildman–Crippen LogP) is 3.38. The molecule has 2 heterocycles. The van der Waals surface area contributed by atoms with Crippen molar-refractivity contribution in [2.45, 2.75) is 19.4 Å². The smallest absolute Gasteiger partial charge is 0.325 e. The van der Waals surface area contributed by atoms with Crippen LogP contribution in [0.2, 0.25) is 0 Å². The number of benzene rings is 2. The van der Waals surface area contributed by atoms with Crippen LogP contribution in [-0.2, 0) is 14.3 Å². The van der Waals surface area contributed by atoms with Crippen molar-refractivity contribution in [2.75, 3.05) is 13.2 Å². The number of ether oxygens (including phenoxy) is 1. The molecule has 0 saturated carbocycles. The van der Waals surface area contributed by atoms with Crippen LogP contribution in [0.1, 0.15) is 39.7 Å². The number of carbonyl (C=O) groups is 3. The lowest BCUT2D eigenvalue weighted by Crippen LogP contribution is -2.35. The summed E-state index contributed by atoms with van der Waals surface area (Å²) >= 11 is 0. The van der Waals surface area contributed by atoms with Crippen molar-refractivity contribution < 1.29 is 27.9 Å². The average Bonchev–Trinajstić information content (AvgIpc) is 3.52. The van der Waals surface area contributed by atoms with Gasteiger partial charge in [0.05, 0.1) is 17.5 Å². The van der Waals surface area contributed by atoms with E-state index in [1.54, 1.807) is 12.1 Å². The molecule has 9 heteroatoms. The fourth-order valence-electron chi connectivity index (χ4n) is 3.52. The largest absolute Gasteiger partial charge is 0.467 e. The van der Waals surface area contributed by atoms with Crippen molar-refractivity contribution >= 4 is 23.5 Å². The number of amides is 2. The lowest BCUT2D eigenvalue weighted by Gasteiger charge is -2.19. The van der Waals surface area contributed by atoms with E-state index >= 15 is 0 Å². The van der Waals surface area contributed by atoms with E-state index in [1.807, 2.05) is 31.2 Å². The maximum absolute atomic E-state index is 13.7. The van der Waals surface area contributed by atoms with Crippen LogP contribution >= 0.6 is 0 Å². The van der Waals surface area contributed by atoms with Crippen LogP contribution in [0.5, 0.6) is 0 Å². The predicted molar refractivity (Wildman–Crippen MR) is 120 cm³/mol. The van der Waals surface area contributed by atoms with Gasteiger partial charge in [-0.2, -0.15) is 5.10 Å². The molecule has 1 aliphatic heterocycles. The first-order valence-electron chi connectivity index (χ1n) is 10.6. The van der Waals surface area contributed by atoms with Gasteiger partial charge in [-0.25, -0.2) is 9.40 Å². The normalized spacial score (nSPS) is 15.1. The van der Waals surface area contributed by atoms with Gasteiger partial charge in [0.15, 0.2) is 6.61 Å². The summed E-state index contributed by atoms with van der Waals surface area (Å²) in [5.41, 5.74) is 2.50. The van der Waals surface area contributed by atoms with Gasteiger partial charge in [-0.15, -0.1) is 0 Å². The summed E-state index contributed by atoms with van der Waals surface area (Å²) in [6, 6.07) is 16.2. The van der Waals surface area contributed by atoms with E-state index in [1.165, 1.54) is 29.5 Å². The highest BCUT2D eigenvalue weighted by Gasteiger charge is 2.35. The van der Waals surface area contributed by atoms with Crippen molar-refractivity contribution in [3.63, 3.8) is 0 Å². The Hall–Kier alpha value is -4.27. The van der Waals surface area contributed by atoms with Gasteiger partial charge in [0, 0.05) is 6.42 Å². The molecule has 1 unspecified atom stereocenters. The van der Waals surface area contributed by atoms with E-state index in [0.29, 0.717) is 17.9 Å². The molecule has 4 rings (SSSR count). The molecule has 0 radical (unpaired) electrons. The number of furan rings is 1. The third-order valence-electron chi connectivity index (χ3n) is 5.29. The van der Waals surface area contributed by atoms with Crippen molar-refractivity contribution in [3.8, 4) is 0 Å². The highest BCUT2D eigenvalue weighted by atomic mass is 19.1. The Labute approximate surface area is 195 Å². The summed E-state index contributed by atoms with van der Waals surface area (Å²) in [7, 11) is 0. The summed E-state index contributed by atoms with van der Waals surface area (Å²) in [5, 5.41) is 7.99. The molecule has 34 heavy (non-hydrogen) atoms. The first-order chi connectivity index (χ1) is 16.4. The molecule has 0 bridgehead atoms. The monoisotopic (exact) mass is 463 g/mol. The summed E-state index contributed by atoms with van der Waals surface area (Å²) in [6.07, 6.45) is 1.95. The van der Waals surface area contributed by atoms with E-state index in [0.717, 1.165) is 17.2 Å². The molecule has 1 aliphatic rings. The molecule has 1 atom stereocenters. The van der Waals surface area contributed by atoms with Crippen LogP contribution in [0.25, 0.3) is 0 Å². The Balaban J connectivity index is 1.38. The fourth-order valence-corrected chi connectivity index (χ4v) is 3.52. The van der Waals surface area contributed by atoms with Crippen molar-refractivity contribution in [1.82, 2.24) is 10.3 Å². The van der Waals surface area contributed by atoms with Crippen LogP contribution in [0, 0.1) is 12.7 Å². The summed E-state index contributed by atoms with van der Waals surface area (Å²) in [4.78, 5) is 36.9. The van der Waals surface area contributed by atoms with Crippen LogP contribution in [0.15, 0.2) is 76.4 Å². The Bertz CT molecular complexity index is 1220. The number of esters is 1. The van der Waals surface area contributed by atoms with Crippen LogP contribution in [-0.4, -0.2) is 41.7 Å². The lowest BCUT2D eigenvalue weighted by molar-refractivity contribution is -0.152. The Morgan fingerprint density at radius 2 is 1.88 bits per heavy atom. The number of nitrogens with one attached hydrogen (secondary N) is 1. The first-order valence-corrected chi connectivity index (χ1v) is 10.6. The van der Waals surface area contributed by atoms with Crippen LogP contribution in [0.3, 0.4) is 0 Å². The number of hydrogen-bond acceptors (Lipinski definition) is 6. The highest BCUT2D eigenvalue weighted by Crippen LogP contribution is 2.33. The molecule has 0 fully saturated rings. The molecule has 0 aliphatic carbocycles. The molecule has 8 nitrogen and oxygen atoms in total. The molecule has 174 valence electrons. The van der Waals surface area contributed by atoms with Crippen LogP contribution < -0.4 is 5.32 Å². The number of nitrogens with zero attached hydrogens (tertiary/aromatic N) is 2. The van der Waals surface area contributed by atoms with Gasteiger partial charge < -0.3 is 14.5 Å². The topological polar surface area (TPSA) is 101 Å². The number of hydrogen-bond donors (Lipinski definition) is 1. The highest BCUT2D eigenvalue weighted by molar-refractivity contribution is 6.03. The molecule has 1 N–H and O–H groups in total. The second-order valence-electron chi connectivity index (χ2n) is 7.71. The van der Waals surface area contributed by atoms with E-state index in [4.69, 9.17) is 9.15 Å². The number of carbonyl (C=O) groups excluding carboxylic acids is 3. The first kappa shape index (κ1) is 22.9. The SMILES string of the molecule is Cc1ccc(C2=NN(C(=O)COC(=O)CNC(=O)c3ccccc3F)C(c3ccco3)C2)cc1. The summed E-state index contributed by atoms with van der Waals surface area (Å²) in [5.74, 6) is -2.29. The second-order valence-corrected chi connectivity index (χ2v) is 7.71. The zero-order valence-corrected chi connectivity index (χ0v) is 18.4. The molecule has 1 aromatic heterocycles. The van der Waals surface area contributed by atoms with Crippen molar-refractivity contribution in [1.29, 1.82) is 0 Å². The third kappa shape index (κ3) is 5.20. The van der Waals surface area contributed by atoms with Gasteiger partial charge in [-0.3, -0.25) is 14.4 Å². The van der Waals surface area contributed by atoms with Gasteiger partial charge in [-0.05, 0) is 36.8 Å². The second kappa shape index (κ2) is 10.1. The summed E-state index contributed by atoms with van der Waals surface area (Å²) in [6.45, 7) is 0.894. The Morgan fingerprint density at radius 1 is 1.12 bits per heavy atom. The van der Waals surface area contributed by atoms with E-state index in [9.17, 15) is 18.8 Å². The molecule has 2 amide bonds. The van der Waals surface area contributed by atoms with Gasteiger partial charge >= 0.3 is 5.97 Å². The standard InChI is InChI=1S/C25H22FN3O5/c1-16-8-10-17(11-9-16)20-13-21(22-7-4-12-33-22)29(28-20)23(30)15-34-24(31)14-27-25(32)18-5-2-3-6-19(18)26/h2-12,21H,13-15H2,1H3,(H,27,32). The number of hydrazone groups is 1. The number of rotatable bonds is 7. The minimum Gasteiger partial charge on any atom is -0.467 e. The Morgan fingerprint density at radius 3 is 2.59 bits per heavy atom. The molecule has 0 spiro atoms. The minimum absolute atomic E-state index is 0.192. The van der Waals surface area contributed by atoms with Gasteiger partial charge in [-0.1, -0.05) is 42.0 Å². The lowest BCUT2D eigenvalue weighted by atomic mass is 10.0. The zero-order valence-electron chi connectivity index (χ0n) is 18.4. The van der Waals surface area contributed by atoms with E-state index in [-0.39, 0.29) is 5.56 Å². The molecule has 3 aromatic rings. The van der Waals surface area contributed by atoms with Gasteiger partial charge in [0.25, 0.3) is 11.8 Å².